The molecule has 1 aromatic heterocycles. The molecule has 0 saturated carbocycles. The van der Waals surface area contributed by atoms with E-state index in [4.69, 9.17) is 5.11 Å². The minimum Gasteiger partial charge on any atom is -0.481 e. The quantitative estimate of drug-likeness (QED) is 0.643. The average Bonchev–Trinajstić information content (AvgIpc) is 2.41. The SMILES string of the molecule is CN(C)c1cccnc1CNC(=O)NCCCC(=O)O. The molecule has 110 valence electrons. The fraction of sp³-hybridized carbons (Fsp3) is 0.462. The van der Waals surface area contributed by atoms with Crippen molar-refractivity contribution in [2.45, 2.75) is 19.4 Å². The zero-order valence-electron chi connectivity index (χ0n) is 11.7. The van der Waals surface area contributed by atoms with E-state index >= 15 is 0 Å². The first-order chi connectivity index (χ1) is 9.50. The number of aliphatic carboxylic acids is 1. The van der Waals surface area contributed by atoms with Gasteiger partial charge in [0.15, 0.2) is 0 Å². The van der Waals surface area contributed by atoms with E-state index in [-0.39, 0.29) is 12.5 Å². The van der Waals surface area contributed by atoms with Crippen LogP contribution in [0, 0.1) is 0 Å². The smallest absolute Gasteiger partial charge is 0.315 e. The van der Waals surface area contributed by atoms with E-state index in [0.717, 1.165) is 11.4 Å². The first-order valence-corrected chi connectivity index (χ1v) is 6.35. The second-order valence-electron chi connectivity index (χ2n) is 4.47. The number of anilines is 1. The standard InChI is InChI=1S/C13H20N4O3/c1-17(2)11-5-3-7-14-10(11)9-16-13(20)15-8-4-6-12(18)19/h3,5,7H,4,6,8-9H2,1-2H3,(H,18,19)(H2,15,16,20). The molecule has 0 saturated heterocycles. The summed E-state index contributed by atoms with van der Waals surface area (Å²) in [5, 5.41) is 13.8. The largest absolute Gasteiger partial charge is 0.481 e. The van der Waals surface area contributed by atoms with E-state index in [1.54, 1.807) is 6.20 Å². The van der Waals surface area contributed by atoms with Gasteiger partial charge in [0.2, 0.25) is 0 Å². The van der Waals surface area contributed by atoms with Crippen molar-refractivity contribution >= 4 is 17.7 Å². The normalized spacial score (nSPS) is 9.90. The van der Waals surface area contributed by atoms with E-state index in [9.17, 15) is 9.59 Å². The molecule has 0 spiro atoms. The van der Waals surface area contributed by atoms with Crippen LogP contribution in [0.15, 0.2) is 18.3 Å². The first-order valence-electron chi connectivity index (χ1n) is 6.35. The number of carbonyl (C=O) groups is 2. The van der Waals surface area contributed by atoms with Crippen LogP contribution in [0.25, 0.3) is 0 Å². The molecule has 0 fully saturated rings. The van der Waals surface area contributed by atoms with Gasteiger partial charge < -0.3 is 20.6 Å². The highest BCUT2D eigenvalue weighted by atomic mass is 16.4. The summed E-state index contributed by atoms with van der Waals surface area (Å²) in [5.41, 5.74) is 1.72. The van der Waals surface area contributed by atoms with E-state index in [1.807, 2.05) is 31.1 Å². The molecule has 3 N–H and O–H groups in total. The Morgan fingerprint density at radius 2 is 2.10 bits per heavy atom. The lowest BCUT2D eigenvalue weighted by Crippen LogP contribution is -2.36. The summed E-state index contributed by atoms with van der Waals surface area (Å²) < 4.78 is 0. The molecule has 0 radical (unpaired) electrons. The predicted molar refractivity (Wildman–Crippen MR) is 75.7 cm³/mol. The highest BCUT2D eigenvalue weighted by Gasteiger charge is 2.07. The molecule has 1 heterocycles. The lowest BCUT2D eigenvalue weighted by molar-refractivity contribution is -0.137. The summed E-state index contributed by atoms with van der Waals surface area (Å²) in [6.45, 7) is 0.653. The highest BCUT2D eigenvalue weighted by Crippen LogP contribution is 2.14. The van der Waals surface area contributed by atoms with Gasteiger partial charge in [0.25, 0.3) is 0 Å². The third-order valence-corrected chi connectivity index (χ3v) is 2.62. The van der Waals surface area contributed by atoms with E-state index in [1.165, 1.54) is 0 Å². The molecule has 0 aliphatic rings. The van der Waals surface area contributed by atoms with Crippen LogP contribution in [0.4, 0.5) is 10.5 Å². The zero-order chi connectivity index (χ0) is 15.0. The van der Waals surface area contributed by atoms with Crippen molar-refractivity contribution in [1.29, 1.82) is 0 Å². The molecule has 0 aromatic carbocycles. The maximum Gasteiger partial charge on any atom is 0.315 e. The molecule has 0 atom stereocenters. The van der Waals surface area contributed by atoms with Gasteiger partial charge in [0.1, 0.15) is 0 Å². The molecule has 20 heavy (non-hydrogen) atoms. The number of rotatable bonds is 7. The third-order valence-electron chi connectivity index (χ3n) is 2.62. The summed E-state index contributed by atoms with van der Waals surface area (Å²) >= 11 is 0. The predicted octanol–water partition coefficient (Wildman–Crippen LogP) is 0.812. The second-order valence-corrected chi connectivity index (χ2v) is 4.47. The Hall–Kier alpha value is -2.31. The number of nitrogens with zero attached hydrogens (tertiary/aromatic N) is 2. The molecule has 7 nitrogen and oxygen atoms in total. The van der Waals surface area contributed by atoms with Crippen LogP contribution in [0.5, 0.6) is 0 Å². The number of pyridine rings is 1. The Morgan fingerprint density at radius 3 is 2.75 bits per heavy atom. The van der Waals surface area contributed by atoms with E-state index in [2.05, 4.69) is 15.6 Å². The monoisotopic (exact) mass is 280 g/mol. The molecule has 7 heteroatoms. The van der Waals surface area contributed by atoms with E-state index in [0.29, 0.717) is 19.5 Å². The lowest BCUT2D eigenvalue weighted by atomic mass is 10.3. The Balaban J connectivity index is 2.36. The zero-order valence-corrected chi connectivity index (χ0v) is 11.7. The fourth-order valence-corrected chi connectivity index (χ4v) is 1.64. The van der Waals surface area contributed by atoms with Crippen molar-refractivity contribution < 1.29 is 14.7 Å². The molecule has 1 rings (SSSR count). The Bertz CT molecular complexity index is 463. The van der Waals surface area contributed by atoms with Gasteiger partial charge in [0.05, 0.1) is 17.9 Å². The number of carbonyl (C=O) groups excluding carboxylic acids is 1. The first kappa shape index (κ1) is 15.7. The number of carboxylic acids is 1. The molecular weight excluding hydrogens is 260 g/mol. The minimum absolute atomic E-state index is 0.0469. The van der Waals surface area contributed by atoms with Crippen LogP contribution < -0.4 is 15.5 Å². The van der Waals surface area contributed by atoms with Gasteiger partial charge in [-0.2, -0.15) is 0 Å². The number of urea groups is 1. The lowest BCUT2D eigenvalue weighted by Gasteiger charge is -2.16. The highest BCUT2D eigenvalue weighted by molar-refractivity contribution is 5.74. The molecule has 0 bridgehead atoms. The number of carboxylic acid groups (broad SMARTS) is 1. The summed E-state index contributed by atoms with van der Waals surface area (Å²) in [4.78, 5) is 28.0. The number of hydrogen-bond acceptors (Lipinski definition) is 4. The van der Waals surface area contributed by atoms with Crippen LogP contribution in [0.3, 0.4) is 0 Å². The topological polar surface area (TPSA) is 94.6 Å². The van der Waals surface area contributed by atoms with Crippen LogP contribution in [0.2, 0.25) is 0 Å². The van der Waals surface area contributed by atoms with Gasteiger partial charge in [-0.1, -0.05) is 0 Å². The fourth-order valence-electron chi connectivity index (χ4n) is 1.64. The Kier molecular flexibility index (Phi) is 6.28. The molecule has 1 aromatic rings. The Morgan fingerprint density at radius 1 is 1.35 bits per heavy atom. The molecule has 2 amide bonds. The maximum atomic E-state index is 11.5. The molecule has 0 aliphatic carbocycles. The van der Waals surface area contributed by atoms with Crippen LogP contribution >= 0.6 is 0 Å². The van der Waals surface area contributed by atoms with Gasteiger partial charge in [-0.3, -0.25) is 9.78 Å². The maximum absolute atomic E-state index is 11.5. The molecule has 0 unspecified atom stereocenters. The number of amides is 2. The van der Waals surface area contributed by atoms with Gasteiger partial charge >= 0.3 is 12.0 Å². The van der Waals surface area contributed by atoms with Gasteiger partial charge in [-0.25, -0.2) is 4.79 Å². The number of aromatic nitrogens is 1. The summed E-state index contributed by atoms with van der Waals surface area (Å²) in [6.07, 6.45) is 2.13. The van der Waals surface area contributed by atoms with Crippen molar-refractivity contribution in [3.63, 3.8) is 0 Å². The van der Waals surface area contributed by atoms with Crippen molar-refractivity contribution in [3.8, 4) is 0 Å². The molecular formula is C13H20N4O3. The average molecular weight is 280 g/mol. The van der Waals surface area contributed by atoms with E-state index < -0.39 is 5.97 Å². The Labute approximate surface area is 118 Å². The minimum atomic E-state index is -0.865. The summed E-state index contributed by atoms with van der Waals surface area (Å²) in [6, 6.07) is 3.44. The van der Waals surface area contributed by atoms with Crippen molar-refractivity contribution in [2.24, 2.45) is 0 Å². The van der Waals surface area contributed by atoms with Crippen molar-refractivity contribution in [3.05, 3.63) is 24.0 Å². The van der Waals surface area contributed by atoms with Crippen molar-refractivity contribution in [2.75, 3.05) is 25.5 Å². The van der Waals surface area contributed by atoms with Crippen LogP contribution in [0.1, 0.15) is 18.5 Å². The van der Waals surface area contributed by atoms with Gasteiger partial charge in [0, 0.05) is 33.3 Å². The summed E-state index contributed by atoms with van der Waals surface area (Å²) in [7, 11) is 3.82. The number of nitrogens with one attached hydrogen (secondary N) is 2. The van der Waals surface area contributed by atoms with Crippen LogP contribution in [-0.2, 0) is 11.3 Å². The third kappa shape index (κ3) is 5.55. The van der Waals surface area contributed by atoms with Gasteiger partial charge in [-0.15, -0.1) is 0 Å². The van der Waals surface area contributed by atoms with Gasteiger partial charge in [-0.05, 0) is 18.6 Å². The number of hydrogen-bond donors (Lipinski definition) is 3. The van der Waals surface area contributed by atoms with Crippen molar-refractivity contribution in [1.82, 2.24) is 15.6 Å². The van der Waals surface area contributed by atoms with Crippen LogP contribution in [-0.4, -0.2) is 42.7 Å². The second kappa shape index (κ2) is 7.98. The molecule has 0 aliphatic heterocycles. The summed E-state index contributed by atoms with van der Waals surface area (Å²) in [5.74, 6) is -0.865.